The van der Waals surface area contributed by atoms with Crippen molar-refractivity contribution < 1.29 is 80.2 Å². The molecule has 0 spiro atoms. The highest BCUT2D eigenvalue weighted by atomic mass is 31.2. The third-order valence-corrected chi connectivity index (χ3v) is 19.2. The van der Waals surface area contributed by atoms with Gasteiger partial charge in [0.2, 0.25) is 0 Å². The molecule has 0 rings (SSSR count). The molecule has 19 heteroatoms. The van der Waals surface area contributed by atoms with Crippen LogP contribution < -0.4 is 0 Å². The third-order valence-electron chi connectivity index (χ3n) is 17.3. The number of esters is 4. The Morgan fingerprint density at radius 2 is 0.495 bits per heavy atom. The molecule has 17 nitrogen and oxygen atoms in total. The minimum absolute atomic E-state index is 0.103. The van der Waals surface area contributed by atoms with Crippen LogP contribution in [0.25, 0.3) is 0 Å². The van der Waals surface area contributed by atoms with E-state index in [4.69, 9.17) is 37.0 Å². The number of aliphatic hydroxyl groups excluding tert-OH is 1. The van der Waals surface area contributed by atoms with Gasteiger partial charge >= 0.3 is 39.5 Å². The summed E-state index contributed by atoms with van der Waals surface area (Å²) in [6, 6.07) is 0. The first-order valence-electron chi connectivity index (χ1n) is 38.6. The number of aliphatic hydroxyl groups is 1. The van der Waals surface area contributed by atoms with Gasteiger partial charge in [0.25, 0.3) is 0 Å². The zero-order valence-electron chi connectivity index (χ0n) is 60.4. The Labute approximate surface area is 568 Å². The van der Waals surface area contributed by atoms with E-state index in [2.05, 4.69) is 34.6 Å². The van der Waals surface area contributed by atoms with Crippen LogP contribution in [0.5, 0.6) is 0 Å². The monoisotopic (exact) mass is 1370 g/mol. The largest absolute Gasteiger partial charge is 0.472 e. The van der Waals surface area contributed by atoms with Crippen molar-refractivity contribution in [2.45, 2.75) is 406 Å². The summed E-state index contributed by atoms with van der Waals surface area (Å²) in [4.78, 5) is 72.6. The summed E-state index contributed by atoms with van der Waals surface area (Å²) in [5, 5.41) is 10.6. The molecule has 0 saturated carbocycles. The number of rotatable bonds is 74. The number of carbonyl (C=O) groups is 4. The highest BCUT2D eigenvalue weighted by Crippen LogP contribution is 2.45. The van der Waals surface area contributed by atoms with Crippen molar-refractivity contribution in [3.05, 3.63) is 0 Å². The zero-order valence-corrected chi connectivity index (χ0v) is 62.2. The molecule has 552 valence electrons. The highest BCUT2D eigenvalue weighted by Gasteiger charge is 2.30. The van der Waals surface area contributed by atoms with Crippen LogP contribution >= 0.6 is 15.6 Å². The highest BCUT2D eigenvalue weighted by molar-refractivity contribution is 7.47. The van der Waals surface area contributed by atoms with Crippen LogP contribution in [0.15, 0.2) is 0 Å². The van der Waals surface area contributed by atoms with Gasteiger partial charge in [-0.05, 0) is 31.6 Å². The molecule has 3 N–H and O–H groups in total. The van der Waals surface area contributed by atoms with E-state index in [1.807, 2.05) is 0 Å². The van der Waals surface area contributed by atoms with Gasteiger partial charge in [0.15, 0.2) is 12.2 Å². The summed E-state index contributed by atoms with van der Waals surface area (Å²) < 4.78 is 68.3. The van der Waals surface area contributed by atoms with Crippen LogP contribution in [0, 0.1) is 5.92 Å². The summed E-state index contributed by atoms with van der Waals surface area (Å²) in [5.41, 5.74) is 0. The topological polar surface area (TPSA) is 237 Å². The van der Waals surface area contributed by atoms with Gasteiger partial charge in [-0.25, -0.2) is 9.13 Å². The minimum atomic E-state index is -4.95. The van der Waals surface area contributed by atoms with Crippen LogP contribution in [0.4, 0.5) is 0 Å². The van der Waals surface area contributed by atoms with Crippen LogP contribution in [0.3, 0.4) is 0 Å². The molecule has 0 aromatic heterocycles. The van der Waals surface area contributed by atoms with Gasteiger partial charge in [0.05, 0.1) is 26.4 Å². The SMILES string of the molecule is CCCCCCCCCCCCCCCCCCCCCCCC(=O)O[C@H](COC(=O)CCCCCCCCCCCCCCCC)COP(=O)(O)OC[C@@H](O)COP(=O)(O)OC[C@@H](COC(=O)CCCCCCCCCCC)OC(=O)CCCCCCCCC(C)C. The molecule has 93 heavy (non-hydrogen) atoms. The van der Waals surface area contributed by atoms with Crippen LogP contribution in [0.2, 0.25) is 0 Å². The predicted molar refractivity (Wildman–Crippen MR) is 377 cm³/mol. The Balaban J connectivity index is 5.16. The van der Waals surface area contributed by atoms with E-state index < -0.39 is 97.5 Å². The molecule has 0 bridgehead atoms. The number of carbonyl (C=O) groups excluding carboxylic acids is 4. The van der Waals surface area contributed by atoms with E-state index >= 15 is 0 Å². The van der Waals surface area contributed by atoms with E-state index in [0.29, 0.717) is 31.6 Å². The molecule has 0 radical (unpaired) electrons. The smallest absolute Gasteiger partial charge is 0.462 e. The van der Waals surface area contributed by atoms with Crippen molar-refractivity contribution in [2.24, 2.45) is 5.92 Å². The summed E-state index contributed by atoms with van der Waals surface area (Å²) >= 11 is 0. The number of unbranched alkanes of at least 4 members (excludes halogenated alkanes) is 46. The Bertz CT molecular complexity index is 1790. The lowest BCUT2D eigenvalue weighted by Crippen LogP contribution is -2.30. The summed E-state index contributed by atoms with van der Waals surface area (Å²) in [7, 11) is -9.90. The summed E-state index contributed by atoms with van der Waals surface area (Å²) in [6.07, 6.45) is 55.8. The van der Waals surface area contributed by atoms with Gasteiger partial charge in [-0.15, -0.1) is 0 Å². The molecule has 2 unspecified atom stereocenters. The lowest BCUT2D eigenvalue weighted by Gasteiger charge is -2.21. The van der Waals surface area contributed by atoms with Crippen molar-refractivity contribution in [2.75, 3.05) is 39.6 Å². The Morgan fingerprint density at radius 1 is 0.290 bits per heavy atom. The first-order valence-corrected chi connectivity index (χ1v) is 41.6. The Hall–Kier alpha value is -1.94. The molecule has 0 saturated heterocycles. The lowest BCUT2D eigenvalue weighted by molar-refractivity contribution is -0.161. The number of phosphoric ester groups is 2. The average Bonchev–Trinajstić information content (AvgIpc) is 3.75. The predicted octanol–water partition coefficient (Wildman–Crippen LogP) is 21.7. The Kier molecular flexibility index (Phi) is 65.9. The van der Waals surface area contributed by atoms with Crippen molar-refractivity contribution in [1.82, 2.24) is 0 Å². The van der Waals surface area contributed by atoms with Gasteiger partial charge in [-0.1, -0.05) is 336 Å². The van der Waals surface area contributed by atoms with Gasteiger partial charge in [-0.2, -0.15) is 0 Å². The maximum atomic E-state index is 13.1. The van der Waals surface area contributed by atoms with E-state index in [9.17, 15) is 43.2 Å². The number of ether oxygens (including phenoxy) is 4. The van der Waals surface area contributed by atoms with Gasteiger partial charge in [-0.3, -0.25) is 37.3 Å². The number of hydrogen-bond donors (Lipinski definition) is 3. The molecule has 0 fully saturated rings. The van der Waals surface area contributed by atoms with Crippen molar-refractivity contribution in [1.29, 1.82) is 0 Å². The fraction of sp³-hybridized carbons (Fsp3) is 0.946. The summed E-state index contributed by atoms with van der Waals surface area (Å²) in [5.74, 6) is -1.45. The molecule has 0 amide bonds. The third kappa shape index (κ3) is 68.4. The molecular formula is C74H144O17P2. The van der Waals surface area contributed by atoms with Crippen molar-refractivity contribution in [3.8, 4) is 0 Å². The quantitative estimate of drug-likeness (QED) is 0.0222. The van der Waals surface area contributed by atoms with Gasteiger partial charge in [0, 0.05) is 25.7 Å². The van der Waals surface area contributed by atoms with E-state index in [1.54, 1.807) is 0 Å². The molecule has 5 atom stereocenters. The Morgan fingerprint density at radius 3 is 0.731 bits per heavy atom. The average molecular weight is 1370 g/mol. The van der Waals surface area contributed by atoms with Crippen molar-refractivity contribution in [3.63, 3.8) is 0 Å². The first-order chi connectivity index (χ1) is 45.0. The van der Waals surface area contributed by atoms with Gasteiger partial charge < -0.3 is 33.8 Å². The van der Waals surface area contributed by atoms with Crippen LogP contribution in [0.1, 0.15) is 388 Å². The van der Waals surface area contributed by atoms with E-state index in [1.165, 1.54) is 212 Å². The first kappa shape index (κ1) is 91.1. The van der Waals surface area contributed by atoms with E-state index in [-0.39, 0.29) is 25.7 Å². The zero-order chi connectivity index (χ0) is 68.4. The molecule has 0 aromatic rings. The molecule has 0 aromatic carbocycles. The lowest BCUT2D eigenvalue weighted by atomic mass is 10.0. The normalized spacial score (nSPS) is 14.0. The molecule has 0 aliphatic carbocycles. The molecule has 0 aliphatic rings. The van der Waals surface area contributed by atoms with Crippen molar-refractivity contribution >= 4 is 39.5 Å². The fourth-order valence-corrected chi connectivity index (χ4v) is 12.9. The number of hydrogen-bond acceptors (Lipinski definition) is 15. The second-order valence-corrected chi connectivity index (χ2v) is 30.1. The standard InChI is InChI=1S/C74H144O17P2/c1-6-9-12-15-18-21-23-25-27-28-29-30-31-32-33-35-37-40-43-49-54-59-73(78)90-69(63-85-72(77)58-53-48-42-39-36-34-26-24-22-19-16-13-10-7-2)65-88-92(80,81)86-61-68(75)62-87-93(82,83)89-66-70(91-74(79)60-55-50-45-44-46-51-56-67(4)5)64-84-71(76)57-52-47-41-38-20-17-14-11-8-3/h67-70,75H,6-66H2,1-5H3,(H,80,81)(H,82,83)/t68-,69-,70-/m1/s1. The van der Waals surface area contributed by atoms with Crippen LogP contribution in [-0.2, 0) is 65.4 Å². The van der Waals surface area contributed by atoms with Gasteiger partial charge in [0.1, 0.15) is 19.3 Å². The second-order valence-electron chi connectivity index (χ2n) is 27.2. The molecule has 0 aliphatic heterocycles. The minimum Gasteiger partial charge on any atom is -0.462 e. The second kappa shape index (κ2) is 67.3. The van der Waals surface area contributed by atoms with Crippen LogP contribution in [-0.4, -0.2) is 96.7 Å². The number of phosphoric acid groups is 2. The fourth-order valence-electron chi connectivity index (χ4n) is 11.4. The van der Waals surface area contributed by atoms with E-state index in [0.717, 1.165) is 89.9 Å². The summed E-state index contributed by atoms with van der Waals surface area (Å²) in [6.45, 7) is 7.16. The molecule has 0 heterocycles. The maximum Gasteiger partial charge on any atom is 0.472 e. The molecular weight excluding hydrogens is 1220 g/mol. The maximum absolute atomic E-state index is 13.1.